The lowest BCUT2D eigenvalue weighted by atomic mass is 9.84. The molecule has 1 saturated carbocycles. The van der Waals surface area contributed by atoms with Crippen LogP contribution in [0.25, 0.3) is 0 Å². The van der Waals surface area contributed by atoms with Gasteiger partial charge in [0.15, 0.2) is 0 Å². The molecule has 0 radical (unpaired) electrons. The van der Waals surface area contributed by atoms with Crippen molar-refractivity contribution >= 4 is 5.97 Å². The maximum Gasteiger partial charge on any atom is 0.324 e. The smallest absolute Gasteiger partial charge is 0.324 e. The van der Waals surface area contributed by atoms with Crippen molar-refractivity contribution < 1.29 is 14.6 Å². The summed E-state index contributed by atoms with van der Waals surface area (Å²) in [6.45, 7) is 8.70. The summed E-state index contributed by atoms with van der Waals surface area (Å²) in [6.07, 6.45) is 5.06. The highest BCUT2D eigenvalue weighted by molar-refractivity contribution is 5.79. The van der Waals surface area contributed by atoms with E-state index in [0.717, 1.165) is 64.9 Å². The van der Waals surface area contributed by atoms with Crippen molar-refractivity contribution in [3.05, 3.63) is 0 Å². The van der Waals surface area contributed by atoms with Gasteiger partial charge < -0.3 is 15.2 Å². The first-order valence-corrected chi connectivity index (χ1v) is 8.41. The Morgan fingerprint density at radius 1 is 1.52 bits per heavy atom. The second kappa shape index (κ2) is 7.56. The van der Waals surface area contributed by atoms with Gasteiger partial charge >= 0.3 is 5.97 Å². The molecule has 122 valence electrons. The number of morpholine rings is 1. The van der Waals surface area contributed by atoms with Crippen LogP contribution in [-0.4, -0.2) is 60.4 Å². The predicted molar refractivity (Wildman–Crippen MR) is 82.5 cm³/mol. The third kappa shape index (κ3) is 3.96. The van der Waals surface area contributed by atoms with Gasteiger partial charge in [0.2, 0.25) is 0 Å². The van der Waals surface area contributed by atoms with Gasteiger partial charge in [-0.2, -0.15) is 0 Å². The molecule has 1 heterocycles. The summed E-state index contributed by atoms with van der Waals surface area (Å²) in [5.41, 5.74) is -0.687. The Balaban J connectivity index is 1.91. The minimum absolute atomic E-state index is 0.250. The third-order valence-electron chi connectivity index (χ3n) is 5.01. The number of carboxylic acids is 1. The topological polar surface area (TPSA) is 61.8 Å². The molecule has 2 N–H and O–H groups in total. The summed E-state index contributed by atoms with van der Waals surface area (Å²) < 4.78 is 5.56. The molecule has 3 unspecified atom stereocenters. The molecule has 0 aromatic rings. The first-order valence-electron chi connectivity index (χ1n) is 8.41. The fourth-order valence-corrected chi connectivity index (χ4v) is 3.84. The van der Waals surface area contributed by atoms with Crippen LogP contribution in [0.2, 0.25) is 0 Å². The Morgan fingerprint density at radius 3 is 3.00 bits per heavy atom. The van der Waals surface area contributed by atoms with Crippen molar-refractivity contribution in [3.8, 4) is 0 Å². The second-order valence-corrected chi connectivity index (χ2v) is 6.56. The first kappa shape index (κ1) is 16.7. The largest absolute Gasteiger partial charge is 0.480 e. The molecule has 2 fully saturated rings. The molecule has 0 aromatic carbocycles. The molecule has 1 aliphatic heterocycles. The fraction of sp³-hybridized carbons (Fsp3) is 0.938. The van der Waals surface area contributed by atoms with Gasteiger partial charge in [-0.3, -0.25) is 9.69 Å². The summed E-state index contributed by atoms with van der Waals surface area (Å²) >= 11 is 0. The van der Waals surface area contributed by atoms with Crippen LogP contribution in [0.5, 0.6) is 0 Å². The zero-order valence-corrected chi connectivity index (χ0v) is 13.4. The van der Waals surface area contributed by atoms with Crippen molar-refractivity contribution in [3.63, 3.8) is 0 Å². The van der Waals surface area contributed by atoms with E-state index in [0.29, 0.717) is 6.10 Å². The molecule has 0 bridgehead atoms. The van der Waals surface area contributed by atoms with Crippen molar-refractivity contribution in [2.45, 2.75) is 57.6 Å². The van der Waals surface area contributed by atoms with E-state index in [1.807, 2.05) is 0 Å². The zero-order chi connectivity index (χ0) is 15.3. The quantitative estimate of drug-likeness (QED) is 0.749. The molecule has 2 aliphatic rings. The molecule has 1 aliphatic carbocycles. The van der Waals surface area contributed by atoms with Gasteiger partial charge in [0, 0.05) is 13.1 Å². The Morgan fingerprint density at radius 2 is 2.33 bits per heavy atom. The van der Waals surface area contributed by atoms with Gasteiger partial charge in [-0.1, -0.05) is 13.3 Å². The molecule has 3 atom stereocenters. The highest BCUT2D eigenvalue weighted by Gasteiger charge is 2.48. The fourth-order valence-electron chi connectivity index (χ4n) is 3.84. The first-order chi connectivity index (χ1) is 10.1. The molecular formula is C16H30N2O3. The molecular weight excluding hydrogens is 268 g/mol. The summed E-state index contributed by atoms with van der Waals surface area (Å²) in [5.74, 6) is -0.409. The second-order valence-electron chi connectivity index (χ2n) is 6.56. The molecule has 21 heavy (non-hydrogen) atoms. The minimum Gasteiger partial charge on any atom is -0.480 e. The Hall–Kier alpha value is -0.650. The van der Waals surface area contributed by atoms with Crippen LogP contribution in [-0.2, 0) is 9.53 Å². The average molecular weight is 298 g/mol. The Labute approximate surface area is 128 Å². The number of carboxylic acid groups (broad SMARTS) is 1. The van der Waals surface area contributed by atoms with Crippen molar-refractivity contribution in [2.24, 2.45) is 5.92 Å². The van der Waals surface area contributed by atoms with Crippen LogP contribution in [0.3, 0.4) is 0 Å². The number of nitrogens with zero attached hydrogens (tertiary/aromatic N) is 1. The maximum atomic E-state index is 11.8. The van der Waals surface area contributed by atoms with Gasteiger partial charge in [-0.15, -0.1) is 0 Å². The molecule has 1 saturated heterocycles. The SMILES string of the molecule is CCCNC1(C(=O)O)CCCC1CCN1CCOC(C)C1. The molecule has 2 rings (SSSR count). The number of hydrogen-bond donors (Lipinski definition) is 2. The van der Waals surface area contributed by atoms with E-state index in [-0.39, 0.29) is 5.92 Å². The van der Waals surface area contributed by atoms with Gasteiger partial charge in [0.05, 0.1) is 12.7 Å². The predicted octanol–water partition coefficient (Wildman–Crippen LogP) is 1.72. The zero-order valence-electron chi connectivity index (χ0n) is 13.4. The highest BCUT2D eigenvalue weighted by atomic mass is 16.5. The van der Waals surface area contributed by atoms with E-state index in [2.05, 4.69) is 24.1 Å². The van der Waals surface area contributed by atoms with Crippen LogP contribution in [0.15, 0.2) is 0 Å². The van der Waals surface area contributed by atoms with E-state index in [4.69, 9.17) is 4.74 Å². The van der Waals surface area contributed by atoms with Gasteiger partial charge in [0.1, 0.15) is 5.54 Å². The van der Waals surface area contributed by atoms with E-state index < -0.39 is 11.5 Å². The lowest BCUT2D eigenvalue weighted by Crippen LogP contribution is -2.55. The van der Waals surface area contributed by atoms with Crippen LogP contribution >= 0.6 is 0 Å². The summed E-state index contributed by atoms with van der Waals surface area (Å²) in [4.78, 5) is 14.3. The van der Waals surface area contributed by atoms with E-state index in [9.17, 15) is 9.90 Å². The lowest BCUT2D eigenvalue weighted by molar-refractivity contribution is -0.146. The number of aliphatic carboxylic acids is 1. The van der Waals surface area contributed by atoms with E-state index in [1.54, 1.807) is 0 Å². The van der Waals surface area contributed by atoms with Gasteiger partial charge in [-0.05, 0) is 51.6 Å². The number of rotatable bonds is 7. The van der Waals surface area contributed by atoms with Crippen molar-refractivity contribution in [2.75, 3.05) is 32.8 Å². The highest BCUT2D eigenvalue weighted by Crippen LogP contribution is 2.38. The number of carbonyl (C=O) groups is 1. The van der Waals surface area contributed by atoms with Gasteiger partial charge in [0.25, 0.3) is 0 Å². The van der Waals surface area contributed by atoms with Crippen molar-refractivity contribution in [1.29, 1.82) is 0 Å². The minimum atomic E-state index is -0.687. The molecule has 0 spiro atoms. The Kier molecular flexibility index (Phi) is 6.02. The lowest BCUT2D eigenvalue weighted by Gasteiger charge is -2.36. The monoisotopic (exact) mass is 298 g/mol. The number of nitrogens with one attached hydrogen (secondary N) is 1. The van der Waals surface area contributed by atoms with Crippen LogP contribution < -0.4 is 5.32 Å². The molecule has 0 amide bonds. The average Bonchev–Trinajstić information content (AvgIpc) is 2.87. The summed E-state index contributed by atoms with van der Waals surface area (Å²) in [7, 11) is 0. The standard InChI is InChI=1S/C16H30N2O3/c1-3-8-17-16(15(19)20)7-4-5-14(16)6-9-18-10-11-21-13(2)12-18/h13-14,17H,3-12H2,1-2H3,(H,19,20). The molecule has 0 aromatic heterocycles. The molecule has 5 heteroatoms. The normalized spacial score (nSPS) is 34.2. The van der Waals surface area contributed by atoms with Crippen LogP contribution in [0, 0.1) is 5.92 Å². The molecule has 5 nitrogen and oxygen atoms in total. The van der Waals surface area contributed by atoms with Gasteiger partial charge in [-0.25, -0.2) is 0 Å². The van der Waals surface area contributed by atoms with E-state index in [1.165, 1.54) is 0 Å². The maximum absolute atomic E-state index is 11.8. The van der Waals surface area contributed by atoms with Crippen LogP contribution in [0.4, 0.5) is 0 Å². The number of hydrogen-bond acceptors (Lipinski definition) is 4. The van der Waals surface area contributed by atoms with Crippen molar-refractivity contribution in [1.82, 2.24) is 10.2 Å². The summed E-state index contributed by atoms with van der Waals surface area (Å²) in [5, 5.41) is 13.1. The van der Waals surface area contributed by atoms with Crippen LogP contribution in [0.1, 0.15) is 46.0 Å². The Bertz CT molecular complexity index is 350. The third-order valence-corrected chi connectivity index (χ3v) is 5.01. The summed E-state index contributed by atoms with van der Waals surface area (Å²) in [6, 6.07) is 0. The number of ether oxygens (including phenoxy) is 1. The van der Waals surface area contributed by atoms with E-state index >= 15 is 0 Å².